The maximum atomic E-state index is 12.9. The third-order valence-electron chi connectivity index (χ3n) is 4.48. The molecule has 0 aromatic heterocycles. The summed E-state index contributed by atoms with van der Waals surface area (Å²) >= 11 is 1.57. The third kappa shape index (κ3) is 4.91. The summed E-state index contributed by atoms with van der Waals surface area (Å²) in [5.41, 5.74) is 2.19. The number of anilines is 1. The molecule has 0 spiro atoms. The molecule has 2 aromatic carbocycles. The minimum Gasteiger partial charge on any atom is -0.497 e. The van der Waals surface area contributed by atoms with Crippen molar-refractivity contribution in [2.75, 3.05) is 43.9 Å². The average molecular weight is 374 g/mol. The van der Waals surface area contributed by atoms with Crippen LogP contribution < -0.4 is 9.64 Å². The van der Waals surface area contributed by atoms with Crippen LogP contribution in [0, 0.1) is 5.82 Å². The number of hydrogen-bond acceptors (Lipinski definition) is 4. The predicted octanol–water partition coefficient (Wildman–Crippen LogP) is 3.42. The van der Waals surface area contributed by atoms with Crippen molar-refractivity contribution in [3.8, 4) is 5.75 Å². The van der Waals surface area contributed by atoms with E-state index in [1.807, 2.05) is 17.0 Å². The molecule has 1 saturated heterocycles. The minimum absolute atomic E-state index is 0.173. The smallest absolute Gasteiger partial charge is 0.232 e. The van der Waals surface area contributed by atoms with E-state index in [4.69, 9.17) is 4.74 Å². The summed E-state index contributed by atoms with van der Waals surface area (Å²) < 4.78 is 18.1. The number of methoxy groups -OCH3 is 1. The van der Waals surface area contributed by atoms with E-state index in [-0.39, 0.29) is 11.7 Å². The van der Waals surface area contributed by atoms with Crippen molar-refractivity contribution in [2.24, 2.45) is 0 Å². The quantitative estimate of drug-likeness (QED) is 0.776. The van der Waals surface area contributed by atoms with Crippen molar-refractivity contribution in [1.82, 2.24) is 4.90 Å². The fourth-order valence-corrected chi connectivity index (χ4v) is 3.82. The van der Waals surface area contributed by atoms with Crippen molar-refractivity contribution in [3.63, 3.8) is 0 Å². The molecule has 1 aliphatic heterocycles. The van der Waals surface area contributed by atoms with Crippen molar-refractivity contribution in [2.45, 2.75) is 5.75 Å². The monoisotopic (exact) mass is 374 g/mol. The van der Waals surface area contributed by atoms with E-state index in [2.05, 4.69) is 17.0 Å². The molecule has 0 atom stereocenters. The molecule has 0 radical (unpaired) electrons. The van der Waals surface area contributed by atoms with Gasteiger partial charge in [0.1, 0.15) is 11.6 Å². The molecule has 2 aromatic rings. The van der Waals surface area contributed by atoms with Crippen molar-refractivity contribution >= 4 is 23.4 Å². The second-order valence-corrected chi connectivity index (χ2v) is 7.17. The Morgan fingerprint density at radius 3 is 2.31 bits per heavy atom. The molecule has 6 heteroatoms. The average Bonchev–Trinajstić information content (AvgIpc) is 2.69. The van der Waals surface area contributed by atoms with Gasteiger partial charge >= 0.3 is 0 Å². The first-order valence-corrected chi connectivity index (χ1v) is 9.80. The number of carbonyl (C=O) groups is 1. The number of halogens is 1. The highest BCUT2D eigenvalue weighted by Gasteiger charge is 2.21. The molecule has 26 heavy (non-hydrogen) atoms. The summed E-state index contributed by atoms with van der Waals surface area (Å²) in [7, 11) is 1.66. The first kappa shape index (κ1) is 18.6. The van der Waals surface area contributed by atoms with E-state index in [0.29, 0.717) is 5.75 Å². The Bertz CT molecular complexity index is 714. The number of amides is 1. The summed E-state index contributed by atoms with van der Waals surface area (Å²) in [5.74, 6) is 1.97. The molecular formula is C20H23FN2O2S. The van der Waals surface area contributed by atoms with Crippen molar-refractivity contribution < 1.29 is 13.9 Å². The highest BCUT2D eigenvalue weighted by Crippen LogP contribution is 2.21. The van der Waals surface area contributed by atoms with Gasteiger partial charge < -0.3 is 14.5 Å². The number of carbonyl (C=O) groups excluding carboxylic acids is 1. The first-order valence-electron chi connectivity index (χ1n) is 8.64. The van der Waals surface area contributed by atoms with Gasteiger partial charge in [0.15, 0.2) is 0 Å². The molecule has 1 aliphatic rings. The van der Waals surface area contributed by atoms with Crippen LogP contribution in [0.3, 0.4) is 0 Å². The second kappa shape index (κ2) is 8.94. The number of piperazine rings is 1. The van der Waals surface area contributed by atoms with E-state index >= 15 is 0 Å². The van der Waals surface area contributed by atoms with E-state index in [1.165, 1.54) is 12.1 Å². The summed E-state index contributed by atoms with van der Waals surface area (Å²) in [6.07, 6.45) is 0. The second-order valence-electron chi connectivity index (χ2n) is 6.19. The van der Waals surface area contributed by atoms with Crippen LogP contribution >= 0.6 is 11.8 Å². The van der Waals surface area contributed by atoms with Crippen LogP contribution in [0.15, 0.2) is 48.5 Å². The summed E-state index contributed by atoms with van der Waals surface area (Å²) in [6, 6.07) is 14.5. The van der Waals surface area contributed by atoms with Gasteiger partial charge in [0.05, 0.1) is 12.9 Å². The van der Waals surface area contributed by atoms with Gasteiger partial charge in [-0.05, 0) is 42.0 Å². The fourth-order valence-electron chi connectivity index (χ4n) is 2.94. The molecule has 0 bridgehead atoms. The zero-order valence-electron chi connectivity index (χ0n) is 14.9. The Kier molecular flexibility index (Phi) is 6.39. The number of benzene rings is 2. The van der Waals surface area contributed by atoms with Crippen LogP contribution in [0.2, 0.25) is 0 Å². The number of rotatable bonds is 6. The van der Waals surface area contributed by atoms with E-state index in [1.54, 1.807) is 31.0 Å². The molecule has 1 fully saturated rings. The van der Waals surface area contributed by atoms with Crippen molar-refractivity contribution in [3.05, 3.63) is 59.9 Å². The van der Waals surface area contributed by atoms with Gasteiger partial charge in [0.25, 0.3) is 0 Å². The molecule has 1 heterocycles. The Balaban J connectivity index is 1.42. The number of ether oxygens (including phenoxy) is 1. The molecular weight excluding hydrogens is 351 g/mol. The molecule has 0 unspecified atom stereocenters. The minimum atomic E-state index is -0.232. The van der Waals surface area contributed by atoms with Crippen LogP contribution in [0.5, 0.6) is 5.75 Å². The zero-order chi connectivity index (χ0) is 18.4. The molecule has 0 aliphatic carbocycles. The maximum absolute atomic E-state index is 12.9. The van der Waals surface area contributed by atoms with Gasteiger partial charge in [-0.15, -0.1) is 11.8 Å². The summed E-state index contributed by atoms with van der Waals surface area (Å²) in [6.45, 7) is 3.14. The molecule has 138 valence electrons. The topological polar surface area (TPSA) is 32.8 Å². The zero-order valence-corrected chi connectivity index (χ0v) is 15.7. The molecule has 1 amide bonds. The molecule has 3 rings (SSSR count). The highest BCUT2D eigenvalue weighted by atomic mass is 32.2. The SMILES string of the molecule is COc1ccc(N2CCN(C(=O)CSCc3ccc(F)cc3)CC2)cc1. The van der Waals surface area contributed by atoms with E-state index in [0.717, 1.165) is 48.9 Å². The fraction of sp³-hybridized carbons (Fsp3) is 0.350. The highest BCUT2D eigenvalue weighted by molar-refractivity contribution is 7.99. The van der Waals surface area contributed by atoms with Gasteiger partial charge in [-0.25, -0.2) is 4.39 Å². The predicted molar refractivity (Wildman–Crippen MR) is 104 cm³/mol. The van der Waals surface area contributed by atoms with Gasteiger partial charge in [-0.3, -0.25) is 4.79 Å². The number of nitrogens with zero attached hydrogens (tertiary/aromatic N) is 2. The molecule has 0 saturated carbocycles. The normalized spacial score (nSPS) is 14.4. The summed E-state index contributed by atoms with van der Waals surface area (Å²) in [5, 5.41) is 0. The lowest BCUT2D eigenvalue weighted by Gasteiger charge is -2.36. The van der Waals surface area contributed by atoms with Gasteiger partial charge in [-0.1, -0.05) is 12.1 Å². The lowest BCUT2D eigenvalue weighted by atomic mass is 10.2. The lowest BCUT2D eigenvalue weighted by Crippen LogP contribution is -2.49. The largest absolute Gasteiger partial charge is 0.497 e. The van der Waals surface area contributed by atoms with Crippen LogP contribution in [0.1, 0.15) is 5.56 Å². The lowest BCUT2D eigenvalue weighted by molar-refractivity contribution is -0.128. The molecule has 0 N–H and O–H groups in total. The van der Waals surface area contributed by atoms with Crippen LogP contribution in [-0.4, -0.2) is 49.8 Å². The number of hydrogen-bond donors (Lipinski definition) is 0. The van der Waals surface area contributed by atoms with Crippen LogP contribution in [0.25, 0.3) is 0 Å². The van der Waals surface area contributed by atoms with E-state index in [9.17, 15) is 9.18 Å². The van der Waals surface area contributed by atoms with Crippen LogP contribution in [-0.2, 0) is 10.5 Å². The van der Waals surface area contributed by atoms with Gasteiger partial charge in [0, 0.05) is 37.6 Å². The third-order valence-corrected chi connectivity index (χ3v) is 5.47. The van der Waals surface area contributed by atoms with Crippen LogP contribution in [0.4, 0.5) is 10.1 Å². The maximum Gasteiger partial charge on any atom is 0.232 e. The van der Waals surface area contributed by atoms with Gasteiger partial charge in [0.2, 0.25) is 5.91 Å². The molecule has 4 nitrogen and oxygen atoms in total. The Labute approximate surface area is 157 Å². The Hall–Kier alpha value is -2.21. The van der Waals surface area contributed by atoms with E-state index < -0.39 is 0 Å². The first-order chi connectivity index (χ1) is 12.7. The summed E-state index contributed by atoms with van der Waals surface area (Å²) in [4.78, 5) is 16.6. The standard InChI is InChI=1S/C20H23FN2O2S/c1-25-19-8-6-18(7-9-19)22-10-12-23(13-11-22)20(24)15-26-14-16-2-4-17(21)5-3-16/h2-9H,10-15H2,1H3. The Morgan fingerprint density at radius 1 is 1.04 bits per heavy atom. The van der Waals surface area contributed by atoms with Crippen molar-refractivity contribution in [1.29, 1.82) is 0 Å². The Morgan fingerprint density at radius 2 is 1.69 bits per heavy atom. The van der Waals surface area contributed by atoms with Gasteiger partial charge in [-0.2, -0.15) is 0 Å². The number of thioether (sulfide) groups is 1.